The summed E-state index contributed by atoms with van der Waals surface area (Å²) in [6, 6.07) is -0.126. The van der Waals surface area contributed by atoms with Crippen LogP contribution in [0.25, 0.3) is 0 Å². The summed E-state index contributed by atoms with van der Waals surface area (Å²) in [5, 5.41) is 2.62. The topological polar surface area (TPSA) is 58.4 Å². The highest BCUT2D eigenvalue weighted by Gasteiger charge is 2.18. The van der Waals surface area contributed by atoms with Crippen LogP contribution in [0.3, 0.4) is 0 Å². The highest BCUT2D eigenvalue weighted by atomic mass is 32.1. The summed E-state index contributed by atoms with van der Waals surface area (Å²) in [7, 11) is 1.64. The quantitative estimate of drug-likeness (QED) is 0.620. The number of rotatable bonds is 6. The van der Waals surface area contributed by atoms with Crippen LogP contribution < -0.4 is 11.1 Å². The van der Waals surface area contributed by atoms with Crippen LogP contribution in [-0.4, -0.2) is 42.0 Å². The molecule has 0 saturated heterocycles. The molecule has 3 N–H and O–H groups in total. The van der Waals surface area contributed by atoms with Gasteiger partial charge >= 0.3 is 0 Å². The highest BCUT2D eigenvalue weighted by molar-refractivity contribution is 7.80. The van der Waals surface area contributed by atoms with Gasteiger partial charge in [0.25, 0.3) is 0 Å². The smallest absolute Gasteiger partial charge is 0.236 e. The fourth-order valence-electron chi connectivity index (χ4n) is 1.25. The van der Waals surface area contributed by atoms with Gasteiger partial charge in [0.05, 0.1) is 11.0 Å². The zero-order valence-corrected chi connectivity index (χ0v) is 9.86. The van der Waals surface area contributed by atoms with Gasteiger partial charge in [0, 0.05) is 20.0 Å². The van der Waals surface area contributed by atoms with Gasteiger partial charge in [0.15, 0.2) is 0 Å². The molecule has 0 heterocycles. The first-order valence-corrected chi connectivity index (χ1v) is 5.17. The number of carbonyl (C=O) groups is 1. The molecule has 0 radical (unpaired) electrons. The molecule has 0 aliphatic rings. The molecular weight excluding hydrogens is 198 g/mol. The maximum absolute atomic E-state index is 11.3. The lowest BCUT2D eigenvalue weighted by atomic mass is 10.2. The summed E-state index contributed by atoms with van der Waals surface area (Å²) in [5.41, 5.74) is 5.41. The molecular formula is C9H19N3OS. The Hall–Kier alpha value is -0.680. The summed E-state index contributed by atoms with van der Waals surface area (Å²) in [6.07, 6.45) is 0.657. The Morgan fingerprint density at radius 3 is 2.57 bits per heavy atom. The average Bonchev–Trinajstić information content (AvgIpc) is 2.16. The van der Waals surface area contributed by atoms with Crippen LogP contribution in [0.5, 0.6) is 0 Å². The van der Waals surface area contributed by atoms with Crippen LogP contribution in [0.2, 0.25) is 0 Å². The standard InChI is InChI=1S/C9H19N3OS/c1-4-12(6-5-8(10)14)7(2)9(13)11-3/h7H,4-6H2,1-3H3,(H2,10,14)(H,11,13). The molecule has 5 heteroatoms. The molecule has 0 rings (SSSR count). The molecule has 0 saturated carbocycles. The number of amides is 1. The van der Waals surface area contributed by atoms with E-state index in [0.717, 1.165) is 13.1 Å². The van der Waals surface area contributed by atoms with Crippen molar-refractivity contribution in [3.8, 4) is 0 Å². The van der Waals surface area contributed by atoms with Crippen molar-refractivity contribution in [3.05, 3.63) is 0 Å². The van der Waals surface area contributed by atoms with Gasteiger partial charge in [-0.25, -0.2) is 0 Å². The number of thiocarbonyl (C=S) groups is 1. The van der Waals surface area contributed by atoms with Crippen LogP contribution >= 0.6 is 12.2 Å². The lowest BCUT2D eigenvalue weighted by Gasteiger charge is -2.26. The highest BCUT2D eigenvalue weighted by Crippen LogP contribution is 2.00. The van der Waals surface area contributed by atoms with E-state index in [0.29, 0.717) is 11.4 Å². The Bertz CT molecular complexity index is 208. The van der Waals surface area contributed by atoms with Gasteiger partial charge in [0.1, 0.15) is 0 Å². The third kappa shape index (κ3) is 4.53. The molecule has 4 nitrogen and oxygen atoms in total. The number of likely N-dealkylation sites (N-methyl/N-ethyl adjacent to an activating group) is 2. The van der Waals surface area contributed by atoms with Crippen LogP contribution in [-0.2, 0) is 4.79 Å². The van der Waals surface area contributed by atoms with Gasteiger partial charge in [0.2, 0.25) is 5.91 Å². The van der Waals surface area contributed by atoms with E-state index in [2.05, 4.69) is 5.32 Å². The number of nitrogens with zero attached hydrogens (tertiary/aromatic N) is 1. The first-order chi connectivity index (χ1) is 6.52. The Balaban J connectivity index is 4.11. The molecule has 1 amide bonds. The van der Waals surface area contributed by atoms with Crippen molar-refractivity contribution in [1.82, 2.24) is 10.2 Å². The van der Waals surface area contributed by atoms with E-state index < -0.39 is 0 Å². The van der Waals surface area contributed by atoms with Gasteiger partial charge in [-0.05, 0) is 13.5 Å². The molecule has 0 fully saturated rings. The first-order valence-electron chi connectivity index (χ1n) is 4.76. The van der Waals surface area contributed by atoms with Crippen molar-refractivity contribution in [2.24, 2.45) is 5.73 Å². The Morgan fingerprint density at radius 1 is 1.64 bits per heavy atom. The number of nitrogens with one attached hydrogen (secondary N) is 1. The van der Waals surface area contributed by atoms with Gasteiger partial charge in [-0.1, -0.05) is 19.1 Å². The van der Waals surface area contributed by atoms with E-state index in [-0.39, 0.29) is 11.9 Å². The van der Waals surface area contributed by atoms with Crippen molar-refractivity contribution in [2.75, 3.05) is 20.1 Å². The monoisotopic (exact) mass is 217 g/mol. The van der Waals surface area contributed by atoms with Gasteiger partial charge in [-0.3, -0.25) is 9.69 Å². The second-order valence-corrected chi connectivity index (χ2v) is 3.66. The lowest BCUT2D eigenvalue weighted by Crippen LogP contribution is -2.44. The van der Waals surface area contributed by atoms with Gasteiger partial charge < -0.3 is 11.1 Å². The second-order valence-electron chi connectivity index (χ2n) is 3.14. The van der Waals surface area contributed by atoms with Crippen molar-refractivity contribution in [3.63, 3.8) is 0 Å². The third-order valence-corrected chi connectivity index (χ3v) is 2.43. The Morgan fingerprint density at radius 2 is 2.21 bits per heavy atom. The molecule has 0 spiro atoms. The molecule has 0 aliphatic heterocycles. The van der Waals surface area contributed by atoms with Crippen molar-refractivity contribution < 1.29 is 4.79 Å². The molecule has 0 bridgehead atoms. The van der Waals surface area contributed by atoms with E-state index in [1.807, 2.05) is 18.7 Å². The summed E-state index contributed by atoms with van der Waals surface area (Å²) < 4.78 is 0. The van der Waals surface area contributed by atoms with Crippen LogP contribution in [0.15, 0.2) is 0 Å². The first kappa shape index (κ1) is 13.3. The Kier molecular flexibility index (Phi) is 6.40. The Labute approximate surface area is 90.8 Å². The predicted octanol–water partition coefficient (Wildman–Crippen LogP) is 0.119. The van der Waals surface area contributed by atoms with E-state index in [9.17, 15) is 4.79 Å². The van der Waals surface area contributed by atoms with Crippen LogP contribution in [0.4, 0.5) is 0 Å². The van der Waals surface area contributed by atoms with Crippen molar-refractivity contribution in [1.29, 1.82) is 0 Å². The minimum atomic E-state index is -0.126. The van der Waals surface area contributed by atoms with E-state index in [4.69, 9.17) is 18.0 Å². The largest absolute Gasteiger partial charge is 0.393 e. The molecule has 82 valence electrons. The average molecular weight is 217 g/mol. The summed E-state index contributed by atoms with van der Waals surface area (Å²) in [4.78, 5) is 13.9. The van der Waals surface area contributed by atoms with E-state index in [1.165, 1.54) is 0 Å². The SMILES string of the molecule is CCN(CCC(N)=S)C(C)C(=O)NC. The lowest BCUT2D eigenvalue weighted by molar-refractivity contribution is -0.125. The van der Waals surface area contributed by atoms with Crippen LogP contribution in [0, 0.1) is 0 Å². The summed E-state index contributed by atoms with van der Waals surface area (Å²) in [6.45, 7) is 5.44. The fraction of sp³-hybridized carbons (Fsp3) is 0.778. The molecule has 0 aliphatic carbocycles. The van der Waals surface area contributed by atoms with Gasteiger partial charge in [-0.15, -0.1) is 0 Å². The van der Waals surface area contributed by atoms with E-state index >= 15 is 0 Å². The molecule has 1 unspecified atom stereocenters. The van der Waals surface area contributed by atoms with Gasteiger partial charge in [-0.2, -0.15) is 0 Å². The maximum Gasteiger partial charge on any atom is 0.236 e. The summed E-state index contributed by atoms with van der Waals surface area (Å²) in [5.74, 6) is 0.0230. The molecule has 0 aromatic carbocycles. The second kappa shape index (κ2) is 6.73. The molecule has 1 atom stereocenters. The summed E-state index contributed by atoms with van der Waals surface area (Å²) >= 11 is 4.79. The minimum Gasteiger partial charge on any atom is -0.393 e. The fourth-order valence-corrected chi connectivity index (χ4v) is 1.35. The number of carbonyl (C=O) groups excluding carboxylic acids is 1. The zero-order chi connectivity index (χ0) is 11.1. The molecule has 0 aromatic rings. The predicted molar refractivity (Wildman–Crippen MR) is 62.2 cm³/mol. The number of hydrogen-bond acceptors (Lipinski definition) is 3. The zero-order valence-electron chi connectivity index (χ0n) is 9.04. The normalized spacial score (nSPS) is 12.6. The van der Waals surface area contributed by atoms with Crippen molar-refractivity contribution >= 4 is 23.1 Å². The van der Waals surface area contributed by atoms with E-state index in [1.54, 1.807) is 7.05 Å². The van der Waals surface area contributed by atoms with Crippen molar-refractivity contribution in [2.45, 2.75) is 26.3 Å². The van der Waals surface area contributed by atoms with Crippen LogP contribution in [0.1, 0.15) is 20.3 Å². The number of hydrogen-bond donors (Lipinski definition) is 2. The number of nitrogens with two attached hydrogens (primary N) is 1. The molecule has 0 aromatic heterocycles. The molecule has 14 heavy (non-hydrogen) atoms. The minimum absolute atomic E-state index is 0.0230. The maximum atomic E-state index is 11.3. The third-order valence-electron chi connectivity index (χ3n) is 2.23.